The first kappa shape index (κ1) is 21.3. The zero-order chi connectivity index (χ0) is 23.3. The number of aromatic nitrogens is 5. The predicted octanol–water partition coefficient (Wildman–Crippen LogP) is 4.43. The Kier molecular flexibility index (Phi) is 5.94. The van der Waals surface area contributed by atoms with Crippen LogP contribution in [-0.4, -0.2) is 37.3 Å². The van der Waals surface area contributed by atoms with E-state index >= 15 is 0 Å². The number of carbonyl (C=O) groups is 1. The smallest absolute Gasteiger partial charge is 0.262 e. The zero-order valence-electron chi connectivity index (χ0n) is 18.5. The lowest BCUT2D eigenvalue weighted by Gasteiger charge is -2.09. The van der Waals surface area contributed by atoms with E-state index < -0.39 is 0 Å². The molecule has 0 aliphatic rings. The van der Waals surface area contributed by atoms with Crippen LogP contribution in [0.5, 0.6) is 5.75 Å². The molecule has 0 radical (unpaired) electrons. The molecule has 0 saturated carbocycles. The van der Waals surface area contributed by atoms with Gasteiger partial charge in [0.2, 0.25) is 0 Å². The number of amides is 1. The third kappa shape index (κ3) is 4.61. The molecule has 2 aromatic carbocycles. The monoisotopic (exact) mass is 450 g/mol. The SMILES string of the molecule is CCc1ccc(OCC(=O)Nc2cccc(-c3ccc4nnc(-c5cccnc5)n4n3)c2)cc1. The normalized spacial score (nSPS) is 10.9. The van der Waals surface area contributed by atoms with Crippen molar-refractivity contribution in [3.05, 3.63) is 90.8 Å². The van der Waals surface area contributed by atoms with Gasteiger partial charge in [-0.1, -0.05) is 31.2 Å². The Balaban J connectivity index is 1.32. The molecule has 0 atom stereocenters. The van der Waals surface area contributed by atoms with Crippen LogP contribution < -0.4 is 10.1 Å². The molecule has 0 aliphatic heterocycles. The minimum absolute atomic E-state index is 0.0743. The molecular weight excluding hydrogens is 428 g/mol. The first-order valence-electron chi connectivity index (χ1n) is 10.9. The fourth-order valence-electron chi connectivity index (χ4n) is 3.54. The molecule has 3 heterocycles. The molecule has 0 bridgehead atoms. The second-order valence-corrected chi connectivity index (χ2v) is 7.67. The standard InChI is InChI=1S/C26H22N6O2/c1-2-18-8-10-22(11-9-18)34-17-25(33)28-21-7-3-5-19(15-21)23-12-13-24-29-30-26(32(24)31-23)20-6-4-14-27-16-20/h3-16H,2,17H2,1H3,(H,28,33). The second kappa shape index (κ2) is 9.50. The molecule has 1 N–H and O–H groups in total. The van der Waals surface area contributed by atoms with Gasteiger partial charge in [-0.3, -0.25) is 9.78 Å². The van der Waals surface area contributed by atoms with Crippen LogP contribution in [0.25, 0.3) is 28.3 Å². The number of hydrogen-bond acceptors (Lipinski definition) is 6. The summed E-state index contributed by atoms with van der Waals surface area (Å²) in [6.07, 6.45) is 4.39. The maximum absolute atomic E-state index is 12.4. The topological polar surface area (TPSA) is 94.3 Å². The minimum atomic E-state index is -0.238. The summed E-state index contributed by atoms with van der Waals surface area (Å²) in [6, 6.07) is 22.7. The zero-order valence-corrected chi connectivity index (χ0v) is 18.5. The predicted molar refractivity (Wildman–Crippen MR) is 129 cm³/mol. The number of carbonyl (C=O) groups excluding carboxylic acids is 1. The van der Waals surface area contributed by atoms with E-state index in [1.54, 1.807) is 16.9 Å². The second-order valence-electron chi connectivity index (χ2n) is 7.67. The lowest BCUT2D eigenvalue weighted by atomic mass is 10.1. The van der Waals surface area contributed by atoms with Crippen LogP contribution in [0.3, 0.4) is 0 Å². The summed E-state index contributed by atoms with van der Waals surface area (Å²) in [7, 11) is 0. The summed E-state index contributed by atoms with van der Waals surface area (Å²) in [5, 5.41) is 16.0. The molecule has 8 nitrogen and oxygen atoms in total. The Morgan fingerprint density at radius 1 is 0.971 bits per heavy atom. The van der Waals surface area contributed by atoms with Crippen molar-refractivity contribution in [3.63, 3.8) is 0 Å². The largest absolute Gasteiger partial charge is 0.484 e. The first-order valence-corrected chi connectivity index (χ1v) is 10.9. The molecule has 5 aromatic rings. The molecule has 0 spiro atoms. The van der Waals surface area contributed by atoms with Crippen LogP contribution in [0.1, 0.15) is 12.5 Å². The molecule has 0 aliphatic carbocycles. The number of ether oxygens (including phenoxy) is 1. The fourth-order valence-corrected chi connectivity index (χ4v) is 3.54. The Labute approximate surface area is 196 Å². The number of hydrogen-bond donors (Lipinski definition) is 1. The van der Waals surface area contributed by atoms with Crippen LogP contribution in [0.15, 0.2) is 85.2 Å². The number of benzene rings is 2. The van der Waals surface area contributed by atoms with Crippen LogP contribution in [0.2, 0.25) is 0 Å². The van der Waals surface area contributed by atoms with E-state index in [0.29, 0.717) is 22.9 Å². The average molecular weight is 451 g/mol. The summed E-state index contributed by atoms with van der Waals surface area (Å²) >= 11 is 0. The maximum atomic E-state index is 12.4. The van der Waals surface area contributed by atoms with Crippen molar-refractivity contribution in [2.24, 2.45) is 0 Å². The fraction of sp³-hybridized carbons (Fsp3) is 0.115. The van der Waals surface area contributed by atoms with Gasteiger partial charge in [-0.2, -0.15) is 9.61 Å². The Morgan fingerprint density at radius 2 is 1.82 bits per heavy atom. The van der Waals surface area contributed by atoms with Crippen molar-refractivity contribution in [3.8, 4) is 28.4 Å². The third-order valence-corrected chi connectivity index (χ3v) is 5.33. The lowest BCUT2D eigenvalue weighted by Crippen LogP contribution is -2.20. The van der Waals surface area contributed by atoms with Gasteiger partial charge in [0.05, 0.1) is 5.69 Å². The van der Waals surface area contributed by atoms with Crippen LogP contribution in [0.4, 0.5) is 5.69 Å². The van der Waals surface area contributed by atoms with Gasteiger partial charge in [-0.15, -0.1) is 10.2 Å². The maximum Gasteiger partial charge on any atom is 0.262 e. The molecule has 0 saturated heterocycles. The van der Waals surface area contributed by atoms with Crippen molar-refractivity contribution in [1.29, 1.82) is 0 Å². The summed E-state index contributed by atoms with van der Waals surface area (Å²) in [5.74, 6) is 1.04. The van der Waals surface area contributed by atoms with Crippen molar-refractivity contribution in [1.82, 2.24) is 24.8 Å². The Bertz CT molecular complexity index is 1430. The molecule has 5 rings (SSSR count). The van der Waals surface area contributed by atoms with Crippen LogP contribution in [-0.2, 0) is 11.2 Å². The highest BCUT2D eigenvalue weighted by Gasteiger charge is 2.12. The van der Waals surface area contributed by atoms with E-state index in [1.807, 2.05) is 72.8 Å². The molecule has 0 unspecified atom stereocenters. The number of nitrogens with zero attached hydrogens (tertiary/aromatic N) is 5. The lowest BCUT2D eigenvalue weighted by molar-refractivity contribution is -0.118. The third-order valence-electron chi connectivity index (χ3n) is 5.33. The van der Waals surface area contributed by atoms with Gasteiger partial charge < -0.3 is 10.1 Å². The van der Waals surface area contributed by atoms with E-state index in [0.717, 1.165) is 23.2 Å². The number of nitrogens with one attached hydrogen (secondary N) is 1. The van der Waals surface area contributed by atoms with Crippen molar-refractivity contribution < 1.29 is 9.53 Å². The molecule has 8 heteroatoms. The molecule has 0 fully saturated rings. The number of pyridine rings is 1. The Morgan fingerprint density at radius 3 is 2.62 bits per heavy atom. The van der Waals surface area contributed by atoms with E-state index in [9.17, 15) is 4.79 Å². The van der Waals surface area contributed by atoms with E-state index in [2.05, 4.69) is 27.4 Å². The summed E-state index contributed by atoms with van der Waals surface area (Å²) < 4.78 is 7.29. The number of anilines is 1. The van der Waals surface area contributed by atoms with Crippen molar-refractivity contribution >= 4 is 17.2 Å². The summed E-state index contributed by atoms with van der Waals surface area (Å²) in [5.41, 5.74) is 4.91. The molecule has 3 aromatic heterocycles. The summed E-state index contributed by atoms with van der Waals surface area (Å²) in [6.45, 7) is 2.02. The van der Waals surface area contributed by atoms with E-state index in [-0.39, 0.29) is 12.5 Å². The van der Waals surface area contributed by atoms with Crippen molar-refractivity contribution in [2.45, 2.75) is 13.3 Å². The highest BCUT2D eigenvalue weighted by atomic mass is 16.5. The number of rotatable bonds is 7. The van der Waals surface area contributed by atoms with Gasteiger partial charge in [0.1, 0.15) is 5.75 Å². The summed E-state index contributed by atoms with van der Waals surface area (Å²) in [4.78, 5) is 16.6. The highest BCUT2D eigenvalue weighted by molar-refractivity contribution is 5.92. The highest BCUT2D eigenvalue weighted by Crippen LogP contribution is 2.23. The van der Waals surface area contributed by atoms with Crippen LogP contribution >= 0.6 is 0 Å². The number of aryl methyl sites for hydroxylation is 1. The van der Waals surface area contributed by atoms with Gasteiger partial charge in [0.15, 0.2) is 18.1 Å². The number of fused-ring (bicyclic) bond motifs is 1. The van der Waals surface area contributed by atoms with Gasteiger partial charge >= 0.3 is 0 Å². The molecule has 1 amide bonds. The van der Waals surface area contributed by atoms with Crippen LogP contribution in [0, 0.1) is 0 Å². The Hall–Kier alpha value is -4.59. The van der Waals surface area contributed by atoms with Crippen molar-refractivity contribution in [2.75, 3.05) is 11.9 Å². The molecule has 168 valence electrons. The minimum Gasteiger partial charge on any atom is -0.484 e. The van der Waals surface area contributed by atoms with Gasteiger partial charge in [0.25, 0.3) is 5.91 Å². The van der Waals surface area contributed by atoms with Gasteiger partial charge in [-0.05, 0) is 60.5 Å². The van der Waals surface area contributed by atoms with E-state index in [4.69, 9.17) is 9.84 Å². The molecular formula is C26H22N6O2. The van der Waals surface area contributed by atoms with Gasteiger partial charge in [-0.25, -0.2) is 0 Å². The first-order chi connectivity index (χ1) is 16.7. The average Bonchev–Trinajstić information content (AvgIpc) is 3.32. The quantitative estimate of drug-likeness (QED) is 0.394. The van der Waals surface area contributed by atoms with Gasteiger partial charge in [0, 0.05) is 29.2 Å². The molecule has 34 heavy (non-hydrogen) atoms. The van der Waals surface area contributed by atoms with E-state index in [1.165, 1.54) is 5.56 Å².